The van der Waals surface area contributed by atoms with Gasteiger partial charge >= 0.3 is 0 Å². The van der Waals surface area contributed by atoms with Gasteiger partial charge in [-0.15, -0.1) is 0 Å². The summed E-state index contributed by atoms with van der Waals surface area (Å²) in [4.78, 5) is 0. The molecule has 1 aliphatic heterocycles. The Morgan fingerprint density at radius 2 is 2.60 bits per heavy atom. The van der Waals surface area contributed by atoms with E-state index in [2.05, 4.69) is 24.9 Å². The molecule has 0 spiro atoms. The van der Waals surface area contributed by atoms with Crippen molar-refractivity contribution >= 4 is 0 Å². The molecule has 1 unspecified atom stereocenters. The standard InChI is InChI=1S/C9H15N/c1-4-8-5-9(7(2)3)10-6-8/h5,8,10H,2,4,6H2,1,3H3. The number of nitrogens with one attached hydrogen (secondary N) is 1. The summed E-state index contributed by atoms with van der Waals surface area (Å²) in [7, 11) is 0. The first-order valence-corrected chi connectivity index (χ1v) is 3.85. The minimum atomic E-state index is 0.728. The molecule has 1 heteroatoms. The highest BCUT2D eigenvalue weighted by Gasteiger charge is 2.12. The van der Waals surface area contributed by atoms with Crippen molar-refractivity contribution in [1.82, 2.24) is 5.32 Å². The third-order valence-corrected chi connectivity index (χ3v) is 1.94. The fraction of sp³-hybridized carbons (Fsp3) is 0.556. The lowest BCUT2D eigenvalue weighted by molar-refractivity contribution is 0.632. The van der Waals surface area contributed by atoms with Gasteiger partial charge < -0.3 is 5.32 Å². The summed E-state index contributed by atoms with van der Waals surface area (Å²) in [5, 5.41) is 3.32. The van der Waals surface area contributed by atoms with Crippen LogP contribution in [0.15, 0.2) is 23.9 Å². The van der Waals surface area contributed by atoms with Gasteiger partial charge in [0.05, 0.1) is 0 Å². The first-order valence-electron chi connectivity index (χ1n) is 3.85. The van der Waals surface area contributed by atoms with Crippen LogP contribution in [-0.2, 0) is 0 Å². The number of allylic oxidation sites excluding steroid dienone is 1. The van der Waals surface area contributed by atoms with E-state index in [4.69, 9.17) is 0 Å². The fourth-order valence-corrected chi connectivity index (χ4v) is 1.15. The molecule has 0 aromatic heterocycles. The van der Waals surface area contributed by atoms with E-state index in [1.54, 1.807) is 0 Å². The maximum absolute atomic E-state index is 3.88. The third kappa shape index (κ3) is 1.41. The highest BCUT2D eigenvalue weighted by Crippen LogP contribution is 2.16. The third-order valence-electron chi connectivity index (χ3n) is 1.94. The Bertz CT molecular complexity index is 168. The summed E-state index contributed by atoms with van der Waals surface area (Å²) < 4.78 is 0. The van der Waals surface area contributed by atoms with E-state index < -0.39 is 0 Å². The maximum atomic E-state index is 3.88. The average molecular weight is 137 g/mol. The molecule has 0 saturated carbocycles. The molecule has 0 radical (unpaired) electrons. The van der Waals surface area contributed by atoms with Crippen molar-refractivity contribution in [2.45, 2.75) is 20.3 Å². The van der Waals surface area contributed by atoms with E-state index in [0.29, 0.717) is 0 Å². The monoisotopic (exact) mass is 137 g/mol. The largest absolute Gasteiger partial charge is 0.385 e. The van der Waals surface area contributed by atoms with Crippen molar-refractivity contribution in [3.8, 4) is 0 Å². The average Bonchev–Trinajstić information content (AvgIpc) is 2.34. The lowest BCUT2D eigenvalue weighted by Crippen LogP contribution is -2.11. The Hall–Kier alpha value is -0.720. The van der Waals surface area contributed by atoms with Crippen LogP contribution in [0, 0.1) is 5.92 Å². The van der Waals surface area contributed by atoms with Gasteiger partial charge in [0.1, 0.15) is 0 Å². The van der Waals surface area contributed by atoms with Gasteiger partial charge in [0.25, 0.3) is 0 Å². The molecule has 0 aromatic rings. The Labute approximate surface area is 62.8 Å². The normalized spacial score (nSPS) is 23.8. The van der Waals surface area contributed by atoms with Crippen molar-refractivity contribution in [2.75, 3.05) is 6.54 Å². The van der Waals surface area contributed by atoms with E-state index in [1.807, 2.05) is 6.92 Å². The quantitative estimate of drug-likeness (QED) is 0.614. The van der Waals surface area contributed by atoms with Gasteiger partial charge in [0.2, 0.25) is 0 Å². The molecular weight excluding hydrogens is 122 g/mol. The summed E-state index contributed by atoms with van der Waals surface area (Å²) in [6.45, 7) is 9.22. The van der Waals surface area contributed by atoms with Crippen molar-refractivity contribution in [3.05, 3.63) is 23.9 Å². The van der Waals surface area contributed by atoms with Gasteiger partial charge in [0.15, 0.2) is 0 Å². The van der Waals surface area contributed by atoms with Gasteiger partial charge in [-0.3, -0.25) is 0 Å². The van der Waals surface area contributed by atoms with Crippen LogP contribution in [0.2, 0.25) is 0 Å². The molecule has 0 saturated heterocycles. The molecule has 1 atom stereocenters. The molecule has 1 N–H and O–H groups in total. The van der Waals surface area contributed by atoms with E-state index >= 15 is 0 Å². The van der Waals surface area contributed by atoms with Crippen LogP contribution in [0.25, 0.3) is 0 Å². The summed E-state index contributed by atoms with van der Waals surface area (Å²) in [6.07, 6.45) is 3.51. The zero-order valence-corrected chi connectivity index (χ0v) is 6.78. The smallest absolute Gasteiger partial charge is 0.0327 e. The van der Waals surface area contributed by atoms with Gasteiger partial charge in [-0.05, 0) is 24.8 Å². The van der Waals surface area contributed by atoms with E-state index in [-0.39, 0.29) is 0 Å². The summed E-state index contributed by atoms with van der Waals surface area (Å²) >= 11 is 0. The highest BCUT2D eigenvalue weighted by molar-refractivity contribution is 5.28. The topological polar surface area (TPSA) is 12.0 Å². The number of rotatable bonds is 2. The Kier molecular flexibility index (Phi) is 2.15. The van der Waals surface area contributed by atoms with Crippen molar-refractivity contribution in [1.29, 1.82) is 0 Å². The number of hydrogen-bond donors (Lipinski definition) is 1. The highest BCUT2D eigenvalue weighted by atomic mass is 14.9. The Morgan fingerprint density at radius 1 is 1.90 bits per heavy atom. The van der Waals surface area contributed by atoms with Crippen LogP contribution in [0.4, 0.5) is 0 Å². The van der Waals surface area contributed by atoms with Crippen molar-refractivity contribution in [3.63, 3.8) is 0 Å². The Balaban J connectivity index is 2.57. The van der Waals surface area contributed by atoms with Crippen LogP contribution in [0.3, 0.4) is 0 Å². The Morgan fingerprint density at radius 3 is 2.90 bits per heavy atom. The first-order chi connectivity index (χ1) is 4.74. The molecule has 1 rings (SSSR count). The predicted octanol–water partition coefficient (Wildman–Crippen LogP) is 2.08. The summed E-state index contributed by atoms with van der Waals surface area (Å²) in [5.41, 5.74) is 2.39. The second-order valence-corrected chi connectivity index (χ2v) is 2.91. The molecule has 56 valence electrons. The minimum Gasteiger partial charge on any atom is -0.385 e. The zero-order valence-electron chi connectivity index (χ0n) is 6.78. The lowest BCUT2D eigenvalue weighted by Gasteiger charge is -2.01. The molecule has 0 fully saturated rings. The van der Waals surface area contributed by atoms with E-state index in [0.717, 1.165) is 18.0 Å². The zero-order chi connectivity index (χ0) is 7.56. The van der Waals surface area contributed by atoms with Gasteiger partial charge in [0, 0.05) is 12.2 Å². The van der Waals surface area contributed by atoms with Crippen LogP contribution >= 0.6 is 0 Å². The van der Waals surface area contributed by atoms with Crippen LogP contribution in [-0.4, -0.2) is 6.54 Å². The molecular formula is C9H15N. The lowest BCUT2D eigenvalue weighted by atomic mass is 10.1. The first kappa shape index (κ1) is 7.39. The van der Waals surface area contributed by atoms with Crippen LogP contribution < -0.4 is 5.32 Å². The van der Waals surface area contributed by atoms with Gasteiger partial charge in [-0.2, -0.15) is 0 Å². The molecule has 1 heterocycles. The molecule has 0 bridgehead atoms. The minimum absolute atomic E-state index is 0.728. The van der Waals surface area contributed by atoms with E-state index in [1.165, 1.54) is 12.1 Å². The SMILES string of the molecule is C=C(C)C1=CC(CC)CN1. The van der Waals surface area contributed by atoms with Crippen molar-refractivity contribution < 1.29 is 0 Å². The van der Waals surface area contributed by atoms with Crippen molar-refractivity contribution in [2.24, 2.45) is 5.92 Å². The molecule has 1 aliphatic rings. The van der Waals surface area contributed by atoms with Crippen LogP contribution in [0.1, 0.15) is 20.3 Å². The van der Waals surface area contributed by atoms with Crippen LogP contribution in [0.5, 0.6) is 0 Å². The second-order valence-electron chi connectivity index (χ2n) is 2.91. The maximum Gasteiger partial charge on any atom is 0.0327 e. The molecule has 0 amide bonds. The fourth-order valence-electron chi connectivity index (χ4n) is 1.15. The summed E-state index contributed by atoms with van der Waals surface area (Å²) in [5.74, 6) is 0.728. The predicted molar refractivity (Wildman–Crippen MR) is 44.7 cm³/mol. The molecule has 0 aliphatic carbocycles. The molecule has 0 aromatic carbocycles. The second kappa shape index (κ2) is 2.91. The van der Waals surface area contributed by atoms with Gasteiger partial charge in [-0.25, -0.2) is 0 Å². The van der Waals surface area contributed by atoms with E-state index in [9.17, 15) is 0 Å². The van der Waals surface area contributed by atoms with Gasteiger partial charge in [-0.1, -0.05) is 19.6 Å². The molecule has 10 heavy (non-hydrogen) atoms. The summed E-state index contributed by atoms with van der Waals surface area (Å²) in [6, 6.07) is 0. The molecule has 1 nitrogen and oxygen atoms in total. The number of hydrogen-bond acceptors (Lipinski definition) is 1.